The summed E-state index contributed by atoms with van der Waals surface area (Å²) in [5.74, 6) is 2.16. The molecule has 0 saturated carbocycles. The lowest BCUT2D eigenvalue weighted by Crippen LogP contribution is -2.16. The van der Waals surface area contributed by atoms with E-state index in [1.165, 1.54) is 11.3 Å². The number of thiazole rings is 1. The first kappa shape index (κ1) is 22.3. The number of fused-ring (bicyclic) bond motifs is 1. The van der Waals surface area contributed by atoms with E-state index in [2.05, 4.69) is 17.0 Å². The van der Waals surface area contributed by atoms with Gasteiger partial charge in [-0.1, -0.05) is 35.0 Å². The van der Waals surface area contributed by atoms with Gasteiger partial charge in [-0.15, -0.1) is 18.2 Å². The molecular formula is C22H22N2O3S3. The Labute approximate surface area is 184 Å². The number of sulfone groups is 1. The lowest BCUT2D eigenvalue weighted by atomic mass is 10.2. The molecule has 0 atom stereocenters. The van der Waals surface area contributed by atoms with E-state index < -0.39 is 9.84 Å². The van der Waals surface area contributed by atoms with Crippen LogP contribution in [0, 0.1) is 19.3 Å². The maximum Gasteiger partial charge on any atom is 0.248 e. The van der Waals surface area contributed by atoms with Crippen molar-refractivity contribution in [2.75, 3.05) is 12.0 Å². The number of carbonyl (C=O) groups excluding carboxylic acids is 1. The van der Waals surface area contributed by atoms with Crippen LogP contribution < -0.4 is 4.80 Å². The molecule has 0 spiro atoms. The van der Waals surface area contributed by atoms with Crippen LogP contribution in [0.5, 0.6) is 0 Å². The smallest absolute Gasteiger partial charge is 0.248 e. The molecule has 0 fully saturated rings. The average Bonchev–Trinajstić information content (AvgIpc) is 3.04. The highest BCUT2D eigenvalue weighted by Gasteiger charge is 2.15. The summed E-state index contributed by atoms with van der Waals surface area (Å²) < 4.78 is 27.7. The summed E-state index contributed by atoms with van der Waals surface area (Å²) >= 11 is 3.05. The van der Waals surface area contributed by atoms with Gasteiger partial charge in [0.2, 0.25) is 5.91 Å². The van der Waals surface area contributed by atoms with Crippen molar-refractivity contribution >= 4 is 49.1 Å². The molecule has 1 aromatic heterocycles. The minimum atomic E-state index is -3.42. The largest absolute Gasteiger partial charge is 0.305 e. The number of hydrogen-bond acceptors (Lipinski definition) is 5. The molecule has 0 saturated heterocycles. The summed E-state index contributed by atoms with van der Waals surface area (Å²) in [5, 5.41) is 0. The van der Waals surface area contributed by atoms with E-state index in [-0.39, 0.29) is 29.4 Å². The molecule has 3 rings (SSSR count). The molecule has 1 heterocycles. The van der Waals surface area contributed by atoms with Crippen LogP contribution in [0.4, 0.5) is 0 Å². The third-order valence-electron chi connectivity index (χ3n) is 4.54. The third-order valence-corrected chi connectivity index (χ3v) is 8.13. The van der Waals surface area contributed by atoms with Crippen molar-refractivity contribution in [1.29, 1.82) is 0 Å². The molecule has 0 radical (unpaired) electrons. The van der Waals surface area contributed by atoms with Crippen molar-refractivity contribution in [2.24, 2.45) is 4.99 Å². The minimum Gasteiger partial charge on any atom is -0.305 e. The topological polar surface area (TPSA) is 68.5 Å². The normalized spacial score (nSPS) is 12.2. The number of thioether (sulfide) groups is 1. The van der Waals surface area contributed by atoms with Crippen LogP contribution in [0.15, 0.2) is 57.2 Å². The fourth-order valence-electron chi connectivity index (χ4n) is 2.95. The molecule has 3 aromatic rings. The second kappa shape index (κ2) is 9.65. The Morgan fingerprint density at radius 3 is 2.63 bits per heavy atom. The van der Waals surface area contributed by atoms with E-state index in [4.69, 9.17) is 6.42 Å². The van der Waals surface area contributed by atoms with Gasteiger partial charge in [-0.3, -0.25) is 4.79 Å². The number of hydrogen-bond donors (Lipinski definition) is 0. The summed E-state index contributed by atoms with van der Waals surface area (Å²) in [6.07, 6.45) is 7.78. The number of rotatable bonds is 7. The molecule has 0 aliphatic rings. The molecule has 30 heavy (non-hydrogen) atoms. The first-order valence-corrected chi connectivity index (χ1v) is 13.0. The molecule has 0 N–H and O–H groups in total. The average molecular weight is 459 g/mol. The Balaban J connectivity index is 1.76. The summed E-state index contributed by atoms with van der Waals surface area (Å²) in [4.78, 5) is 18.6. The van der Waals surface area contributed by atoms with Crippen molar-refractivity contribution in [3.05, 3.63) is 52.8 Å². The van der Waals surface area contributed by atoms with Crippen molar-refractivity contribution in [3.8, 4) is 12.3 Å². The maximum atomic E-state index is 12.4. The van der Waals surface area contributed by atoms with Crippen molar-refractivity contribution in [1.82, 2.24) is 4.57 Å². The number of amides is 1. The van der Waals surface area contributed by atoms with Crippen molar-refractivity contribution in [2.45, 2.75) is 36.1 Å². The molecule has 0 unspecified atom stereocenters. The van der Waals surface area contributed by atoms with E-state index in [1.54, 1.807) is 36.0 Å². The Kier molecular flexibility index (Phi) is 7.19. The number of aryl methyl sites for hydroxylation is 1. The minimum absolute atomic E-state index is 0.0610. The lowest BCUT2D eigenvalue weighted by molar-refractivity contribution is -0.118. The van der Waals surface area contributed by atoms with Gasteiger partial charge in [0.15, 0.2) is 14.6 Å². The molecule has 0 aliphatic carbocycles. The SMILES string of the molecule is C#CCn1c(=NC(=O)CCCS(=O)(=O)c2ccc(C)cc2)sc2cc(SC)ccc21. The van der Waals surface area contributed by atoms with Crippen LogP contribution in [0.1, 0.15) is 18.4 Å². The second-order valence-electron chi connectivity index (χ2n) is 6.75. The number of benzene rings is 2. The lowest BCUT2D eigenvalue weighted by Gasteiger charge is -2.04. The van der Waals surface area contributed by atoms with Crippen molar-refractivity contribution < 1.29 is 13.2 Å². The van der Waals surface area contributed by atoms with Gasteiger partial charge in [-0.25, -0.2) is 8.42 Å². The van der Waals surface area contributed by atoms with Crippen LogP contribution in [0.2, 0.25) is 0 Å². The molecular weight excluding hydrogens is 436 g/mol. The monoisotopic (exact) mass is 458 g/mol. The van der Waals surface area contributed by atoms with Gasteiger partial charge in [0.1, 0.15) is 0 Å². The number of aromatic nitrogens is 1. The van der Waals surface area contributed by atoms with Gasteiger partial charge in [0, 0.05) is 11.3 Å². The summed E-state index contributed by atoms with van der Waals surface area (Å²) in [6.45, 7) is 2.21. The predicted molar refractivity (Wildman–Crippen MR) is 123 cm³/mol. The quantitative estimate of drug-likeness (QED) is 0.396. The Hall–Kier alpha value is -2.34. The highest BCUT2D eigenvalue weighted by atomic mass is 32.2. The van der Waals surface area contributed by atoms with Crippen molar-refractivity contribution in [3.63, 3.8) is 0 Å². The molecule has 0 bridgehead atoms. The Morgan fingerprint density at radius 1 is 1.23 bits per heavy atom. The van der Waals surface area contributed by atoms with Gasteiger partial charge in [0.25, 0.3) is 0 Å². The molecule has 2 aromatic carbocycles. The van der Waals surface area contributed by atoms with Gasteiger partial charge < -0.3 is 4.57 Å². The van der Waals surface area contributed by atoms with Gasteiger partial charge in [0.05, 0.1) is 27.4 Å². The van der Waals surface area contributed by atoms with Crippen LogP contribution in [-0.4, -0.2) is 30.9 Å². The standard InChI is InChI=1S/C22H22N2O3S3/c1-4-13-24-19-12-9-17(28-3)15-20(19)29-22(24)23-21(25)6-5-14-30(26,27)18-10-7-16(2)8-11-18/h1,7-12,15H,5-6,13-14H2,2-3H3. The number of carbonyl (C=O) groups is 1. The molecule has 156 valence electrons. The highest BCUT2D eigenvalue weighted by molar-refractivity contribution is 7.98. The summed E-state index contributed by atoms with van der Waals surface area (Å²) in [5.41, 5.74) is 1.93. The fraction of sp³-hybridized carbons (Fsp3) is 0.273. The van der Waals surface area contributed by atoms with Crippen LogP contribution >= 0.6 is 23.1 Å². The maximum absolute atomic E-state index is 12.4. The number of nitrogens with zero attached hydrogens (tertiary/aromatic N) is 2. The zero-order valence-electron chi connectivity index (χ0n) is 16.8. The zero-order chi connectivity index (χ0) is 21.7. The van der Waals surface area contributed by atoms with Gasteiger partial charge >= 0.3 is 0 Å². The van der Waals surface area contributed by atoms with E-state index in [0.717, 1.165) is 20.7 Å². The molecule has 8 heteroatoms. The first-order valence-electron chi connectivity index (χ1n) is 9.32. The molecule has 5 nitrogen and oxygen atoms in total. The fourth-order valence-corrected chi connectivity index (χ4v) is 5.86. The van der Waals surface area contributed by atoms with Crippen LogP contribution in [0.25, 0.3) is 10.2 Å². The Bertz CT molecular complexity index is 1280. The first-order chi connectivity index (χ1) is 14.3. The Morgan fingerprint density at radius 2 is 1.97 bits per heavy atom. The van der Waals surface area contributed by atoms with E-state index >= 15 is 0 Å². The summed E-state index contributed by atoms with van der Waals surface area (Å²) in [7, 11) is -3.42. The zero-order valence-corrected chi connectivity index (χ0v) is 19.2. The van der Waals surface area contributed by atoms with E-state index in [0.29, 0.717) is 11.3 Å². The third kappa shape index (κ3) is 5.22. The highest BCUT2D eigenvalue weighted by Crippen LogP contribution is 2.24. The molecule has 1 amide bonds. The van der Waals surface area contributed by atoms with Crippen LogP contribution in [-0.2, 0) is 21.2 Å². The second-order valence-corrected chi connectivity index (χ2v) is 10.7. The van der Waals surface area contributed by atoms with E-state index in [9.17, 15) is 13.2 Å². The molecule has 0 aliphatic heterocycles. The van der Waals surface area contributed by atoms with Gasteiger partial charge in [-0.2, -0.15) is 4.99 Å². The van der Waals surface area contributed by atoms with E-state index in [1.807, 2.05) is 29.9 Å². The van der Waals surface area contributed by atoms with Crippen LogP contribution in [0.3, 0.4) is 0 Å². The summed E-state index contributed by atoms with van der Waals surface area (Å²) in [6, 6.07) is 12.8. The van der Waals surface area contributed by atoms with Gasteiger partial charge in [-0.05, 0) is 49.9 Å². The number of terminal acetylenes is 1. The predicted octanol–water partition coefficient (Wildman–Crippen LogP) is 4.05.